The molecule has 4 heterocycles. The lowest BCUT2D eigenvalue weighted by Crippen LogP contribution is -2.51. The summed E-state index contributed by atoms with van der Waals surface area (Å²) in [7, 11) is 1.29. The molecule has 3 aromatic rings. The Morgan fingerprint density at radius 2 is 2.10 bits per heavy atom. The normalized spacial score (nSPS) is 17.1. The number of carbonyl (C=O) groups excluding carboxylic acids is 2. The maximum absolute atomic E-state index is 13.2. The first-order valence-corrected chi connectivity index (χ1v) is 12.0. The zero-order chi connectivity index (χ0) is 21.4. The summed E-state index contributed by atoms with van der Waals surface area (Å²) >= 11 is 6.95. The van der Waals surface area contributed by atoms with Crippen molar-refractivity contribution in [2.24, 2.45) is 5.92 Å². The fourth-order valence-corrected chi connectivity index (χ4v) is 6.50. The summed E-state index contributed by atoms with van der Waals surface area (Å²) < 4.78 is 8.19. The molecule has 10 heteroatoms. The van der Waals surface area contributed by atoms with Crippen LogP contribution in [0.5, 0.6) is 0 Å². The first kappa shape index (κ1) is 21.1. The number of thiophene rings is 2. The molecule has 0 radical (unpaired) electrons. The quantitative estimate of drug-likeness (QED) is 0.478. The lowest BCUT2D eigenvalue weighted by molar-refractivity contribution is -0.135. The molecule has 0 spiro atoms. The number of carbonyl (C=O) groups is 2. The standard InChI is InChI=1S/C20H21BrN4O3S2/c1-10(2)15(24-20(27)28-3)19(26)25-6-4-5-14(25)18-22-7-13(23-18)11-8-29-17-12(21)9-30-16(11)17/h4-5,7-10,14-15H,6H2,1-3H3,(H,22,23)(H,24,27)/t14-,15?/m0/s1. The Kier molecular flexibility index (Phi) is 5.99. The van der Waals surface area contributed by atoms with E-state index in [1.54, 1.807) is 27.6 Å². The molecule has 0 fully saturated rings. The monoisotopic (exact) mass is 508 g/mol. The molecule has 2 amide bonds. The summed E-state index contributed by atoms with van der Waals surface area (Å²) in [5, 5.41) is 6.84. The van der Waals surface area contributed by atoms with Crippen LogP contribution < -0.4 is 5.32 Å². The highest BCUT2D eigenvalue weighted by Crippen LogP contribution is 2.42. The van der Waals surface area contributed by atoms with Gasteiger partial charge in [0.25, 0.3) is 0 Å². The third kappa shape index (κ3) is 3.79. The van der Waals surface area contributed by atoms with E-state index in [-0.39, 0.29) is 17.9 Å². The van der Waals surface area contributed by atoms with Gasteiger partial charge in [-0.05, 0) is 21.8 Å². The molecule has 0 aromatic carbocycles. The number of hydrogen-bond donors (Lipinski definition) is 2. The smallest absolute Gasteiger partial charge is 0.407 e. The van der Waals surface area contributed by atoms with Gasteiger partial charge in [-0.25, -0.2) is 9.78 Å². The number of aromatic amines is 1. The van der Waals surface area contributed by atoms with Gasteiger partial charge in [0, 0.05) is 33.5 Å². The van der Waals surface area contributed by atoms with Crippen molar-refractivity contribution in [3.05, 3.63) is 39.4 Å². The van der Waals surface area contributed by atoms with Crippen LogP contribution in [-0.2, 0) is 9.53 Å². The number of H-pyrrole nitrogens is 1. The van der Waals surface area contributed by atoms with E-state index in [0.29, 0.717) is 12.4 Å². The van der Waals surface area contributed by atoms with Gasteiger partial charge in [0.2, 0.25) is 5.91 Å². The minimum Gasteiger partial charge on any atom is -0.453 e. The maximum atomic E-state index is 13.2. The number of imidazole rings is 1. The molecule has 7 nitrogen and oxygen atoms in total. The van der Waals surface area contributed by atoms with Crippen molar-refractivity contribution in [2.45, 2.75) is 25.9 Å². The second kappa shape index (κ2) is 8.52. The third-order valence-corrected chi connectivity index (χ3v) is 8.37. The lowest BCUT2D eigenvalue weighted by atomic mass is 10.0. The molecule has 0 aliphatic carbocycles. The van der Waals surface area contributed by atoms with Crippen LogP contribution in [0.15, 0.2) is 33.6 Å². The number of fused-ring (bicyclic) bond motifs is 1. The van der Waals surface area contributed by atoms with Crippen LogP contribution in [0.4, 0.5) is 4.79 Å². The predicted octanol–water partition coefficient (Wildman–Crippen LogP) is 4.94. The van der Waals surface area contributed by atoms with Crippen LogP contribution in [-0.4, -0.2) is 46.6 Å². The average Bonchev–Trinajstić information content (AvgIpc) is 3.49. The van der Waals surface area contributed by atoms with Crippen molar-refractivity contribution in [3.63, 3.8) is 0 Å². The highest BCUT2D eigenvalue weighted by atomic mass is 79.9. The van der Waals surface area contributed by atoms with Gasteiger partial charge in [-0.1, -0.05) is 26.0 Å². The van der Waals surface area contributed by atoms with Crippen molar-refractivity contribution in [1.82, 2.24) is 20.2 Å². The van der Waals surface area contributed by atoms with Crippen LogP contribution in [0, 0.1) is 5.92 Å². The van der Waals surface area contributed by atoms with Crippen LogP contribution in [0.25, 0.3) is 20.7 Å². The second-order valence-electron chi connectivity index (χ2n) is 7.28. The third-order valence-electron chi connectivity index (χ3n) is 5.03. The zero-order valence-corrected chi connectivity index (χ0v) is 19.9. The molecule has 4 rings (SSSR count). The number of hydrogen-bond acceptors (Lipinski definition) is 6. The van der Waals surface area contributed by atoms with E-state index in [9.17, 15) is 9.59 Å². The van der Waals surface area contributed by atoms with Gasteiger partial charge in [-0.2, -0.15) is 0 Å². The lowest BCUT2D eigenvalue weighted by Gasteiger charge is -2.29. The molecule has 2 atom stereocenters. The first-order chi connectivity index (χ1) is 14.4. The molecule has 3 aromatic heterocycles. The Labute approximate surface area is 190 Å². The number of methoxy groups -OCH3 is 1. The van der Waals surface area contributed by atoms with Crippen LogP contribution in [0.3, 0.4) is 0 Å². The predicted molar refractivity (Wildman–Crippen MR) is 123 cm³/mol. The molecule has 1 unspecified atom stereocenters. The summed E-state index contributed by atoms with van der Waals surface area (Å²) in [6.45, 7) is 4.25. The van der Waals surface area contributed by atoms with Gasteiger partial charge in [0.1, 0.15) is 17.9 Å². The summed E-state index contributed by atoms with van der Waals surface area (Å²) in [5.41, 5.74) is 1.94. The molecular weight excluding hydrogens is 488 g/mol. The van der Waals surface area contributed by atoms with E-state index in [1.165, 1.54) is 16.5 Å². The maximum Gasteiger partial charge on any atom is 0.407 e. The van der Waals surface area contributed by atoms with Gasteiger partial charge in [0.05, 0.1) is 22.2 Å². The number of ether oxygens (including phenoxy) is 1. The fourth-order valence-electron chi connectivity index (χ4n) is 3.46. The van der Waals surface area contributed by atoms with Gasteiger partial charge in [-0.15, -0.1) is 22.7 Å². The molecule has 2 N–H and O–H groups in total. The Morgan fingerprint density at radius 3 is 2.83 bits per heavy atom. The van der Waals surface area contributed by atoms with Crippen LogP contribution in [0.2, 0.25) is 0 Å². The van der Waals surface area contributed by atoms with Gasteiger partial charge < -0.3 is 19.9 Å². The Hall–Kier alpha value is -2.17. The highest BCUT2D eigenvalue weighted by Gasteiger charge is 2.35. The van der Waals surface area contributed by atoms with Crippen LogP contribution >= 0.6 is 38.6 Å². The van der Waals surface area contributed by atoms with Gasteiger partial charge in [-0.3, -0.25) is 4.79 Å². The minimum atomic E-state index is -0.672. The Morgan fingerprint density at radius 1 is 1.33 bits per heavy atom. The number of rotatable bonds is 5. The number of nitrogens with zero attached hydrogens (tertiary/aromatic N) is 2. The summed E-state index contributed by atoms with van der Waals surface area (Å²) in [6, 6.07) is -0.981. The van der Waals surface area contributed by atoms with Crippen molar-refractivity contribution in [3.8, 4) is 11.3 Å². The molecule has 158 valence electrons. The highest BCUT2D eigenvalue weighted by molar-refractivity contribution is 9.10. The number of halogens is 1. The molecule has 0 bridgehead atoms. The van der Waals surface area contributed by atoms with E-state index >= 15 is 0 Å². The van der Waals surface area contributed by atoms with Crippen molar-refractivity contribution in [2.75, 3.05) is 13.7 Å². The number of aromatic nitrogens is 2. The molecule has 0 saturated carbocycles. The number of nitrogens with one attached hydrogen (secondary N) is 2. The van der Waals surface area contributed by atoms with E-state index < -0.39 is 12.1 Å². The van der Waals surface area contributed by atoms with Gasteiger partial charge >= 0.3 is 6.09 Å². The average molecular weight is 509 g/mol. The van der Waals surface area contributed by atoms with E-state index in [1.807, 2.05) is 32.2 Å². The molecule has 1 aliphatic rings. The van der Waals surface area contributed by atoms with E-state index in [2.05, 4.69) is 41.7 Å². The largest absolute Gasteiger partial charge is 0.453 e. The molecule has 1 aliphatic heterocycles. The summed E-state index contributed by atoms with van der Waals surface area (Å²) in [5.74, 6) is 0.451. The zero-order valence-electron chi connectivity index (χ0n) is 16.6. The Balaban J connectivity index is 1.58. The second-order valence-corrected chi connectivity index (χ2v) is 9.90. The SMILES string of the molecule is COC(=O)NC(C(=O)N1CC=C[C@H]1c1nc(-c2csc3c(Br)csc23)c[nH]1)C(C)C. The Bertz CT molecular complexity index is 1120. The molecule has 30 heavy (non-hydrogen) atoms. The van der Waals surface area contributed by atoms with E-state index in [4.69, 9.17) is 4.98 Å². The van der Waals surface area contributed by atoms with Crippen molar-refractivity contribution >= 4 is 60.0 Å². The number of amides is 2. The number of alkyl carbamates (subject to hydrolysis) is 1. The summed E-state index contributed by atoms with van der Waals surface area (Å²) in [6.07, 6.45) is 5.17. The van der Waals surface area contributed by atoms with Crippen LogP contribution in [0.1, 0.15) is 25.7 Å². The van der Waals surface area contributed by atoms with Gasteiger partial charge in [0.15, 0.2) is 0 Å². The van der Waals surface area contributed by atoms with Crippen molar-refractivity contribution < 1.29 is 14.3 Å². The molecule has 0 saturated heterocycles. The fraction of sp³-hybridized carbons (Fsp3) is 0.350. The minimum absolute atomic E-state index is 0.0821. The van der Waals surface area contributed by atoms with Crippen molar-refractivity contribution in [1.29, 1.82) is 0 Å². The topological polar surface area (TPSA) is 87.3 Å². The van der Waals surface area contributed by atoms with E-state index in [0.717, 1.165) is 15.7 Å². The molecular formula is C20H21BrN4O3S2. The first-order valence-electron chi connectivity index (χ1n) is 9.42. The summed E-state index contributed by atoms with van der Waals surface area (Å²) in [4.78, 5) is 34.7.